The Morgan fingerprint density at radius 3 is 2.35 bits per heavy atom. The molecule has 0 saturated carbocycles. The second-order valence-electron chi connectivity index (χ2n) is 8.01. The van der Waals surface area contributed by atoms with Gasteiger partial charge in [-0.3, -0.25) is 0 Å². The standard InChI is InChI=1S/C26H41NO3.ClH/c1-3-4-5-6-7-8-11-16-22(2)17-12-9-15-20-25(24(27)21-28)30-26(29)23-18-13-10-14-19-23;/h10,13-15,17-20,24-25,28H,3-9,11-12,16,21,27H2,1-2H3;1H/b20-15+,22-17+;/t24-,25+;/m0./s1. The highest BCUT2D eigenvalue weighted by Crippen LogP contribution is 2.13. The molecule has 1 aromatic carbocycles. The summed E-state index contributed by atoms with van der Waals surface area (Å²) >= 11 is 0. The van der Waals surface area contributed by atoms with Crippen LogP contribution in [-0.4, -0.2) is 29.8 Å². The Morgan fingerprint density at radius 1 is 1.06 bits per heavy atom. The van der Waals surface area contributed by atoms with Crippen LogP contribution in [-0.2, 0) is 4.74 Å². The summed E-state index contributed by atoms with van der Waals surface area (Å²) in [5.41, 5.74) is 7.84. The summed E-state index contributed by atoms with van der Waals surface area (Å²) < 4.78 is 5.49. The van der Waals surface area contributed by atoms with E-state index in [4.69, 9.17) is 10.5 Å². The Hall–Kier alpha value is -1.62. The zero-order chi connectivity index (χ0) is 22.0. The van der Waals surface area contributed by atoms with E-state index in [1.54, 1.807) is 30.3 Å². The Bertz CT molecular complexity index is 631. The molecule has 4 nitrogen and oxygen atoms in total. The normalized spacial score (nSPS) is 13.6. The molecular formula is C26H42ClNO3. The van der Waals surface area contributed by atoms with Crippen LogP contribution >= 0.6 is 12.4 Å². The van der Waals surface area contributed by atoms with Crippen molar-refractivity contribution in [2.24, 2.45) is 5.73 Å². The van der Waals surface area contributed by atoms with E-state index in [0.717, 1.165) is 12.8 Å². The van der Waals surface area contributed by atoms with Gasteiger partial charge in [-0.05, 0) is 50.8 Å². The molecule has 31 heavy (non-hydrogen) atoms. The van der Waals surface area contributed by atoms with Gasteiger partial charge in [-0.15, -0.1) is 12.4 Å². The Morgan fingerprint density at radius 2 is 1.71 bits per heavy atom. The lowest BCUT2D eigenvalue weighted by Crippen LogP contribution is -2.39. The largest absolute Gasteiger partial charge is 0.453 e. The van der Waals surface area contributed by atoms with E-state index in [9.17, 15) is 9.90 Å². The Labute approximate surface area is 195 Å². The number of carbonyl (C=O) groups is 1. The van der Waals surface area contributed by atoms with Gasteiger partial charge in [0.25, 0.3) is 0 Å². The summed E-state index contributed by atoms with van der Waals surface area (Å²) in [5.74, 6) is -0.431. The number of halogens is 1. The number of esters is 1. The molecule has 0 aliphatic rings. The summed E-state index contributed by atoms with van der Waals surface area (Å²) in [6.45, 7) is 4.21. The number of hydrogen-bond acceptors (Lipinski definition) is 4. The molecule has 0 aliphatic heterocycles. The third-order valence-electron chi connectivity index (χ3n) is 5.21. The number of hydrogen-bond donors (Lipinski definition) is 2. The molecule has 0 spiro atoms. The van der Waals surface area contributed by atoms with Crippen molar-refractivity contribution in [3.05, 3.63) is 59.7 Å². The molecule has 0 aromatic heterocycles. The molecular weight excluding hydrogens is 410 g/mol. The second-order valence-corrected chi connectivity index (χ2v) is 8.01. The number of aliphatic hydroxyl groups is 1. The number of aliphatic hydroxyl groups excluding tert-OH is 1. The lowest BCUT2D eigenvalue weighted by molar-refractivity contribution is 0.0304. The van der Waals surface area contributed by atoms with Crippen LogP contribution in [0.2, 0.25) is 0 Å². The molecule has 1 rings (SSSR count). The van der Waals surface area contributed by atoms with Gasteiger partial charge in [-0.1, -0.05) is 81.4 Å². The highest BCUT2D eigenvalue weighted by Gasteiger charge is 2.19. The molecule has 0 heterocycles. The first kappa shape index (κ1) is 29.4. The first-order valence-corrected chi connectivity index (χ1v) is 11.5. The summed E-state index contributed by atoms with van der Waals surface area (Å²) in [5, 5.41) is 9.37. The molecule has 5 heteroatoms. The molecule has 0 radical (unpaired) electrons. The van der Waals surface area contributed by atoms with E-state index in [0.29, 0.717) is 5.56 Å². The van der Waals surface area contributed by atoms with Crippen molar-refractivity contribution in [2.45, 2.75) is 90.2 Å². The van der Waals surface area contributed by atoms with E-state index in [2.05, 4.69) is 19.9 Å². The SMILES string of the molecule is CCCCCCCCC/C(C)=C/CC/C=C/[C@@H](OC(=O)c1ccccc1)[C@@H](N)CO.Cl. The molecule has 0 fully saturated rings. The maximum Gasteiger partial charge on any atom is 0.338 e. The smallest absolute Gasteiger partial charge is 0.338 e. The average molecular weight is 452 g/mol. The van der Waals surface area contributed by atoms with Gasteiger partial charge in [-0.25, -0.2) is 4.79 Å². The summed E-state index contributed by atoms with van der Waals surface area (Å²) in [7, 11) is 0. The van der Waals surface area contributed by atoms with Crippen LogP contribution in [0.1, 0.15) is 88.4 Å². The van der Waals surface area contributed by atoms with Gasteiger partial charge >= 0.3 is 5.97 Å². The number of unbranched alkanes of at least 4 members (excludes halogenated alkanes) is 7. The zero-order valence-corrected chi connectivity index (χ0v) is 20.1. The zero-order valence-electron chi connectivity index (χ0n) is 19.3. The summed E-state index contributed by atoms with van der Waals surface area (Å²) in [6.07, 6.45) is 17.8. The number of allylic oxidation sites excluding steroid dienone is 3. The van der Waals surface area contributed by atoms with Gasteiger partial charge in [0.05, 0.1) is 18.2 Å². The quantitative estimate of drug-likeness (QED) is 0.174. The monoisotopic (exact) mass is 451 g/mol. The van der Waals surface area contributed by atoms with Gasteiger partial charge in [0, 0.05) is 0 Å². The first-order chi connectivity index (χ1) is 14.6. The van der Waals surface area contributed by atoms with Crippen molar-refractivity contribution in [3.63, 3.8) is 0 Å². The van der Waals surface area contributed by atoms with Crippen molar-refractivity contribution in [1.82, 2.24) is 0 Å². The minimum absolute atomic E-state index is 0. The maximum absolute atomic E-state index is 12.2. The molecule has 2 atom stereocenters. The predicted molar refractivity (Wildman–Crippen MR) is 133 cm³/mol. The van der Waals surface area contributed by atoms with Crippen LogP contribution in [0.15, 0.2) is 54.1 Å². The van der Waals surface area contributed by atoms with Gasteiger partial charge in [0.15, 0.2) is 0 Å². The molecule has 1 aromatic rings. The van der Waals surface area contributed by atoms with Gasteiger partial charge in [0.2, 0.25) is 0 Å². The van der Waals surface area contributed by atoms with Crippen molar-refractivity contribution < 1.29 is 14.6 Å². The number of ether oxygens (including phenoxy) is 1. The van der Waals surface area contributed by atoms with Gasteiger partial charge < -0.3 is 15.6 Å². The number of rotatable bonds is 16. The van der Waals surface area contributed by atoms with E-state index < -0.39 is 18.1 Å². The highest BCUT2D eigenvalue weighted by molar-refractivity contribution is 5.89. The van der Waals surface area contributed by atoms with E-state index >= 15 is 0 Å². The molecule has 0 saturated heterocycles. The lowest BCUT2D eigenvalue weighted by atomic mass is 10.0. The van der Waals surface area contributed by atoms with E-state index in [1.165, 1.54) is 56.9 Å². The van der Waals surface area contributed by atoms with Crippen molar-refractivity contribution >= 4 is 18.4 Å². The molecule has 0 unspecified atom stereocenters. The van der Waals surface area contributed by atoms with Crippen LogP contribution in [0.3, 0.4) is 0 Å². The van der Waals surface area contributed by atoms with Gasteiger partial charge in [-0.2, -0.15) is 0 Å². The number of nitrogens with two attached hydrogens (primary N) is 1. The minimum Gasteiger partial charge on any atom is -0.453 e. The fraction of sp³-hybridized carbons (Fsp3) is 0.577. The number of carbonyl (C=O) groups excluding carboxylic acids is 1. The average Bonchev–Trinajstić information content (AvgIpc) is 2.77. The third kappa shape index (κ3) is 14.1. The van der Waals surface area contributed by atoms with Gasteiger partial charge in [0.1, 0.15) is 6.10 Å². The number of benzene rings is 1. The van der Waals surface area contributed by atoms with E-state index in [1.807, 2.05) is 12.1 Å². The Kier molecular flexibility index (Phi) is 18.1. The fourth-order valence-electron chi connectivity index (χ4n) is 3.26. The van der Waals surface area contributed by atoms with Crippen LogP contribution in [0.4, 0.5) is 0 Å². The molecule has 176 valence electrons. The molecule has 0 aliphatic carbocycles. The van der Waals surface area contributed by atoms with Crippen LogP contribution < -0.4 is 5.73 Å². The topological polar surface area (TPSA) is 72.5 Å². The van der Waals surface area contributed by atoms with Crippen LogP contribution in [0.25, 0.3) is 0 Å². The predicted octanol–water partition coefficient (Wildman–Crippen LogP) is 6.38. The van der Waals surface area contributed by atoms with E-state index in [-0.39, 0.29) is 19.0 Å². The first-order valence-electron chi connectivity index (χ1n) is 11.5. The van der Waals surface area contributed by atoms with Crippen molar-refractivity contribution in [2.75, 3.05) is 6.61 Å². The molecule has 0 bridgehead atoms. The van der Waals surface area contributed by atoms with Crippen molar-refractivity contribution in [1.29, 1.82) is 0 Å². The van der Waals surface area contributed by atoms with Crippen LogP contribution in [0, 0.1) is 0 Å². The third-order valence-corrected chi connectivity index (χ3v) is 5.21. The minimum atomic E-state index is -0.638. The summed E-state index contributed by atoms with van der Waals surface area (Å²) in [6, 6.07) is 8.18. The maximum atomic E-state index is 12.2. The van der Waals surface area contributed by atoms with Crippen LogP contribution in [0.5, 0.6) is 0 Å². The fourth-order valence-corrected chi connectivity index (χ4v) is 3.26. The Balaban J connectivity index is 0.00000900. The van der Waals surface area contributed by atoms with Crippen molar-refractivity contribution in [3.8, 4) is 0 Å². The molecule has 3 N–H and O–H groups in total. The lowest BCUT2D eigenvalue weighted by Gasteiger charge is -2.19. The second kappa shape index (κ2) is 19.1. The molecule has 0 amide bonds. The summed E-state index contributed by atoms with van der Waals surface area (Å²) in [4.78, 5) is 12.2. The highest BCUT2D eigenvalue weighted by atomic mass is 35.5.